The molecule has 1 nitrogen and oxygen atoms in total. The standard InChI is InChI=1S/C16H29O.Y/c1-6-7-8-15(17)14-11-16(4,5)10-9-13(14)12(2)3;/h6,12-14H,7-11H2,1-5H3;/q-1;. The van der Waals surface area contributed by atoms with Gasteiger partial charge in [-0.1, -0.05) is 27.7 Å². The molecule has 1 radical (unpaired) electrons. The predicted molar refractivity (Wildman–Crippen MR) is 73.7 cm³/mol. The molecule has 0 bridgehead atoms. The van der Waals surface area contributed by atoms with E-state index in [-0.39, 0.29) is 32.7 Å². The molecule has 2 atom stereocenters. The fraction of sp³-hybridized carbons (Fsp3) is 0.875. The normalized spacial score (nSPS) is 26.8. The fourth-order valence-electron chi connectivity index (χ4n) is 3.23. The van der Waals surface area contributed by atoms with Crippen molar-refractivity contribution < 1.29 is 37.5 Å². The molecule has 1 aliphatic carbocycles. The van der Waals surface area contributed by atoms with E-state index in [1.54, 1.807) is 0 Å². The van der Waals surface area contributed by atoms with E-state index in [0.717, 1.165) is 19.3 Å². The van der Waals surface area contributed by atoms with Crippen molar-refractivity contribution in [3.8, 4) is 0 Å². The molecule has 0 amide bonds. The summed E-state index contributed by atoms with van der Waals surface area (Å²) in [5, 5.41) is 0. The van der Waals surface area contributed by atoms with Gasteiger partial charge in [-0.2, -0.15) is 13.3 Å². The first kappa shape index (κ1) is 18.8. The molecule has 0 aromatic carbocycles. The average Bonchev–Trinajstić information content (AvgIpc) is 2.24. The fourth-order valence-corrected chi connectivity index (χ4v) is 3.23. The Morgan fingerprint density at radius 1 is 1.39 bits per heavy atom. The number of hydrogen-bond donors (Lipinski definition) is 0. The van der Waals surface area contributed by atoms with Crippen LogP contribution in [0.3, 0.4) is 0 Å². The van der Waals surface area contributed by atoms with E-state index in [9.17, 15) is 4.79 Å². The van der Waals surface area contributed by atoms with Crippen LogP contribution in [0.1, 0.15) is 66.7 Å². The summed E-state index contributed by atoms with van der Waals surface area (Å²) in [7, 11) is 0. The molecule has 0 heterocycles. The van der Waals surface area contributed by atoms with E-state index >= 15 is 0 Å². The van der Waals surface area contributed by atoms with E-state index in [0.29, 0.717) is 29.0 Å². The largest absolute Gasteiger partial charge is 0.331 e. The molecule has 0 saturated heterocycles. The predicted octanol–water partition coefficient (Wildman–Crippen LogP) is 4.66. The first-order chi connectivity index (χ1) is 7.87. The van der Waals surface area contributed by atoms with Crippen LogP contribution in [0.15, 0.2) is 0 Å². The monoisotopic (exact) mass is 326 g/mol. The van der Waals surface area contributed by atoms with E-state index in [4.69, 9.17) is 0 Å². The van der Waals surface area contributed by atoms with Gasteiger partial charge in [-0.15, -0.1) is 0 Å². The van der Waals surface area contributed by atoms with Crippen molar-refractivity contribution in [3.05, 3.63) is 6.42 Å². The Morgan fingerprint density at radius 2 is 2.00 bits per heavy atom. The number of carbonyl (C=O) groups excluding carboxylic acids is 1. The van der Waals surface area contributed by atoms with Crippen molar-refractivity contribution in [1.82, 2.24) is 0 Å². The van der Waals surface area contributed by atoms with E-state index < -0.39 is 0 Å². The van der Waals surface area contributed by atoms with Crippen LogP contribution >= 0.6 is 0 Å². The zero-order valence-corrected chi connectivity index (χ0v) is 15.7. The summed E-state index contributed by atoms with van der Waals surface area (Å²) in [4.78, 5) is 12.3. The maximum absolute atomic E-state index is 12.3. The molecule has 2 unspecified atom stereocenters. The van der Waals surface area contributed by atoms with Gasteiger partial charge in [-0.05, 0) is 42.9 Å². The number of Topliss-reactive ketones (excluding diaryl/α,β-unsaturated/α-hetero) is 1. The third-order valence-corrected chi connectivity index (χ3v) is 4.39. The van der Waals surface area contributed by atoms with Crippen molar-refractivity contribution in [3.63, 3.8) is 0 Å². The van der Waals surface area contributed by atoms with Crippen molar-refractivity contribution in [2.45, 2.75) is 66.7 Å². The Labute approximate surface area is 139 Å². The molecule has 0 N–H and O–H groups in total. The van der Waals surface area contributed by atoms with Crippen molar-refractivity contribution in [2.24, 2.45) is 23.2 Å². The van der Waals surface area contributed by atoms with Gasteiger partial charge in [0.05, 0.1) is 0 Å². The Bertz CT molecular complexity index is 258. The molecule has 0 aromatic heterocycles. The van der Waals surface area contributed by atoms with Gasteiger partial charge in [0, 0.05) is 38.6 Å². The Balaban J connectivity index is 0.00000289. The number of ketones is 1. The van der Waals surface area contributed by atoms with E-state index in [1.807, 2.05) is 6.92 Å². The van der Waals surface area contributed by atoms with Gasteiger partial charge < -0.3 is 6.42 Å². The molecule has 0 aromatic rings. The maximum Gasteiger partial charge on any atom is 0.133 e. The second kappa shape index (κ2) is 8.15. The van der Waals surface area contributed by atoms with Crippen LogP contribution in [0.5, 0.6) is 0 Å². The smallest absolute Gasteiger partial charge is 0.133 e. The molecule has 0 aliphatic heterocycles. The summed E-state index contributed by atoms with van der Waals surface area (Å²) in [6.45, 7) is 11.2. The van der Waals surface area contributed by atoms with Crippen molar-refractivity contribution >= 4 is 5.78 Å². The van der Waals surface area contributed by atoms with Crippen LogP contribution < -0.4 is 0 Å². The summed E-state index contributed by atoms with van der Waals surface area (Å²) < 4.78 is 0. The minimum Gasteiger partial charge on any atom is -0.331 e. The molecular weight excluding hydrogens is 297 g/mol. The van der Waals surface area contributed by atoms with Crippen molar-refractivity contribution in [1.29, 1.82) is 0 Å². The summed E-state index contributed by atoms with van der Waals surface area (Å²) in [5.74, 6) is 2.09. The molecule has 2 heteroatoms. The van der Waals surface area contributed by atoms with Crippen LogP contribution in [-0.4, -0.2) is 5.78 Å². The molecule has 1 rings (SSSR count). The maximum atomic E-state index is 12.3. The summed E-state index contributed by atoms with van der Waals surface area (Å²) >= 11 is 0. The molecule has 1 saturated carbocycles. The van der Waals surface area contributed by atoms with Crippen LogP contribution in [-0.2, 0) is 37.5 Å². The second-order valence-electron chi connectivity index (χ2n) is 6.83. The van der Waals surface area contributed by atoms with Gasteiger partial charge in [-0.25, -0.2) is 0 Å². The number of rotatable bonds is 5. The Kier molecular flexibility index (Phi) is 8.50. The molecule has 18 heavy (non-hydrogen) atoms. The summed E-state index contributed by atoms with van der Waals surface area (Å²) in [6.07, 6.45) is 7.41. The first-order valence-corrected chi connectivity index (χ1v) is 7.18. The first-order valence-electron chi connectivity index (χ1n) is 7.18. The number of unbranched alkanes of at least 4 members (excludes halogenated alkanes) is 1. The van der Waals surface area contributed by atoms with Gasteiger partial charge in [0.25, 0.3) is 0 Å². The van der Waals surface area contributed by atoms with Gasteiger partial charge in [-0.3, -0.25) is 4.79 Å². The zero-order valence-electron chi connectivity index (χ0n) is 12.8. The average molecular weight is 326 g/mol. The third-order valence-electron chi connectivity index (χ3n) is 4.39. The Hall–Kier alpha value is 0.774. The van der Waals surface area contributed by atoms with Crippen LogP contribution in [0, 0.1) is 29.6 Å². The van der Waals surface area contributed by atoms with Crippen LogP contribution in [0.4, 0.5) is 0 Å². The Morgan fingerprint density at radius 3 is 2.50 bits per heavy atom. The number of hydrogen-bond acceptors (Lipinski definition) is 1. The molecule has 1 fully saturated rings. The van der Waals surface area contributed by atoms with Crippen molar-refractivity contribution in [2.75, 3.05) is 0 Å². The van der Waals surface area contributed by atoms with E-state index in [1.165, 1.54) is 12.8 Å². The van der Waals surface area contributed by atoms with Gasteiger partial charge >= 0.3 is 0 Å². The molecular formula is C16H29OY-. The summed E-state index contributed by atoms with van der Waals surface area (Å²) in [6, 6.07) is 0. The van der Waals surface area contributed by atoms with E-state index in [2.05, 4.69) is 34.1 Å². The molecule has 103 valence electrons. The zero-order chi connectivity index (χ0) is 13.1. The SMILES string of the molecule is C[CH-]CCC(=O)C1CC(C)(C)CCC1C(C)C.[Y]. The van der Waals surface area contributed by atoms with Crippen LogP contribution in [0.25, 0.3) is 0 Å². The summed E-state index contributed by atoms with van der Waals surface area (Å²) in [5.41, 5.74) is 0.363. The molecule has 0 spiro atoms. The van der Waals surface area contributed by atoms with Gasteiger partial charge in [0.2, 0.25) is 0 Å². The number of carbonyl (C=O) groups is 1. The van der Waals surface area contributed by atoms with Gasteiger partial charge in [0.15, 0.2) is 0 Å². The molecule has 1 aliphatic rings. The topological polar surface area (TPSA) is 17.1 Å². The second-order valence-corrected chi connectivity index (χ2v) is 6.83. The minimum atomic E-state index is 0. The third kappa shape index (κ3) is 5.41. The minimum absolute atomic E-state index is 0. The quantitative estimate of drug-likeness (QED) is 0.672. The van der Waals surface area contributed by atoms with Gasteiger partial charge in [0.1, 0.15) is 5.78 Å². The van der Waals surface area contributed by atoms with Crippen LogP contribution in [0.2, 0.25) is 0 Å².